The molecule has 12 heteroatoms. The zero-order valence-corrected chi connectivity index (χ0v) is 23.7. The van der Waals surface area contributed by atoms with Gasteiger partial charge in [0, 0.05) is 44.9 Å². The molecule has 11 nitrogen and oxygen atoms in total. The second-order valence-corrected chi connectivity index (χ2v) is 10.2. The molecule has 43 heavy (non-hydrogen) atoms. The predicted molar refractivity (Wildman–Crippen MR) is 154 cm³/mol. The van der Waals surface area contributed by atoms with E-state index in [9.17, 15) is 23.9 Å². The van der Waals surface area contributed by atoms with Gasteiger partial charge in [0.2, 0.25) is 0 Å². The second kappa shape index (κ2) is 12.9. The molecule has 2 amide bonds. The molecule has 3 aromatic carbocycles. The number of carbonyl (C=O) groups is 3. The molecule has 2 unspecified atom stereocenters. The number of piperazine rings is 1. The van der Waals surface area contributed by atoms with Gasteiger partial charge in [0.05, 0.1) is 0 Å². The van der Waals surface area contributed by atoms with Gasteiger partial charge < -0.3 is 25.0 Å². The number of aliphatic hydroxyl groups excluding tert-OH is 1. The van der Waals surface area contributed by atoms with Gasteiger partial charge in [0.15, 0.2) is 11.6 Å². The van der Waals surface area contributed by atoms with Crippen molar-refractivity contribution < 1.29 is 28.6 Å². The van der Waals surface area contributed by atoms with Gasteiger partial charge >= 0.3 is 12.0 Å². The van der Waals surface area contributed by atoms with Crippen molar-refractivity contribution in [2.24, 2.45) is 0 Å². The van der Waals surface area contributed by atoms with Crippen LogP contribution in [0.3, 0.4) is 0 Å². The average Bonchev–Trinajstić information content (AvgIpc) is 3.47. The Morgan fingerprint density at radius 3 is 2.49 bits per heavy atom. The van der Waals surface area contributed by atoms with Crippen LogP contribution in [-0.4, -0.2) is 81.1 Å². The number of hydrogen-bond acceptors (Lipinski definition) is 8. The third kappa shape index (κ3) is 6.60. The molecule has 2 heterocycles. The van der Waals surface area contributed by atoms with Crippen LogP contribution < -0.4 is 10.1 Å². The monoisotopic (exact) mass is 586 g/mol. The van der Waals surface area contributed by atoms with Crippen LogP contribution in [0.5, 0.6) is 6.01 Å². The predicted octanol–water partition coefficient (Wildman–Crippen LogP) is 3.23. The smallest absolute Gasteiger partial charge is 0.323 e. The van der Waals surface area contributed by atoms with Crippen LogP contribution >= 0.6 is 0 Å². The fourth-order valence-electron chi connectivity index (χ4n) is 4.70. The number of ketones is 1. The van der Waals surface area contributed by atoms with Crippen molar-refractivity contribution in [2.75, 3.05) is 33.7 Å². The van der Waals surface area contributed by atoms with E-state index in [-0.39, 0.29) is 35.6 Å². The molecule has 4 aromatic rings. The highest BCUT2D eigenvalue weighted by Crippen LogP contribution is 2.25. The first-order valence-corrected chi connectivity index (χ1v) is 13.7. The number of carbonyl (C=O) groups excluding carboxylic acids is 3. The Hall–Kier alpha value is -4.94. The molecule has 0 saturated carbocycles. The summed E-state index contributed by atoms with van der Waals surface area (Å²) in [7, 11) is 3.30. The minimum atomic E-state index is -1.40. The zero-order chi connectivity index (χ0) is 30.5. The molecular weight excluding hydrogens is 555 g/mol. The number of hydrogen-bond donors (Lipinski definition) is 2. The van der Waals surface area contributed by atoms with Crippen LogP contribution in [0.4, 0.5) is 9.18 Å². The summed E-state index contributed by atoms with van der Waals surface area (Å²) in [4.78, 5) is 47.4. The Morgan fingerprint density at radius 1 is 1.05 bits per heavy atom. The zero-order valence-electron chi connectivity index (χ0n) is 23.7. The summed E-state index contributed by atoms with van der Waals surface area (Å²) in [5.41, 5.74) is 1.31. The highest BCUT2D eigenvalue weighted by molar-refractivity contribution is 6.03. The first-order valence-electron chi connectivity index (χ1n) is 13.7. The standard InChI is InChI=1S/C31H31FN6O5/c1-36(2)31(42)37-16-15-33-18-25(37)28-34-30(43-19-20-11-13-24(32)14-12-20)38(35-28)29(41)23-10-6-9-22(17-23)27(40)26(39)21-7-4-3-5-8-21/h3-14,17,25-26,33,39H,15-16,18-19H2,1-2H3. The van der Waals surface area contributed by atoms with Gasteiger partial charge in [0.1, 0.15) is 24.6 Å². The molecule has 5 rings (SSSR count). The van der Waals surface area contributed by atoms with Gasteiger partial charge in [-0.05, 0) is 35.4 Å². The molecule has 1 aromatic heterocycles. The fraction of sp³-hybridized carbons (Fsp3) is 0.258. The molecule has 1 aliphatic rings. The summed E-state index contributed by atoms with van der Waals surface area (Å²) in [6.45, 7) is 1.32. The number of amides is 2. The van der Waals surface area contributed by atoms with Crippen LogP contribution in [0.1, 0.15) is 49.8 Å². The maximum Gasteiger partial charge on any atom is 0.323 e. The molecule has 1 fully saturated rings. The lowest BCUT2D eigenvalue weighted by molar-refractivity contribution is 0.0747. The summed E-state index contributed by atoms with van der Waals surface area (Å²) in [6.07, 6.45) is -1.40. The van der Waals surface area contributed by atoms with E-state index in [0.29, 0.717) is 30.8 Å². The molecule has 1 saturated heterocycles. The van der Waals surface area contributed by atoms with E-state index in [1.165, 1.54) is 41.3 Å². The van der Waals surface area contributed by atoms with Crippen molar-refractivity contribution in [1.82, 2.24) is 29.9 Å². The summed E-state index contributed by atoms with van der Waals surface area (Å²) < 4.78 is 20.3. The molecular formula is C31H31FN6O5. The quantitative estimate of drug-likeness (QED) is 0.301. The summed E-state index contributed by atoms with van der Waals surface area (Å²) in [5.74, 6) is -1.41. The number of urea groups is 1. The van der Waals surface area contributed by atoms with E-state index < -0.39 is 29.7 Å². The molecule has 0 bridgehead atoms. The van der Waals surface area contributed by atoms with E-state index >= 15 is 0 Å². The topological polar surface area (TPSA) is 130 Å². The minimum Gasteiger partial charge on any atom is -0.458 e. The lowest BCUT2D eigenvalue weighted by Gasteiger charge is -2.36. The molecule has 2 N–H and O–H groups in total. The normalized spacial score (nSPS) is 15.5. The van der Waals surface area contributed by atoms with Crippen molar-refractivity contribution in [3.05, 3.63) is 113 Å². The minimum absolute atomic E-state index is 0.0310. The lowest BCUT2D eigenvalue weighted by Crippen LogP contribution is -2.52. The van der Waals surface area contributed by atoms with Crippen molar-refractivity contribution in [3.8, 4) is 6.01 Å². The number of aliphatic hydroxyl groups is 1. The molecule has 0 spiro atoms. The Bertz CT molecular complexity index is 1610. The number of halogens is 1. The molecule has 2 atom stereocenters. The van der Waals surface area contributed by atoms with Gasteiger partial charge in [-0.1, -0.05) is 54.6 Å². The maximum atomic E-state index is 13.8. The summed E-state index contributed by atoms with van der Waals surface area (Å²) in [5, 5.41) is 18.3. The number of nitrogens with one attached hydrogen (secondary N) is 1. The van der Waals surface area contributed by atoms with Crippen molar-refractivity contribution >= 4 is 17.7 Å². The maximum absolute atomic E-state index is 13.8. The van der Waals surface area contributed by atoms with Crippen molar-refractivity contribution in [3.63, 3.8) is 0 Å². The van der Waals surface area contributed by atoms with Crippen LogP contribution in [0.25, 0.3) is 0 Å². The highest BCUT2D eigenvalue weighted by atomic mass is 19.1. The van der Waals surface area contributed by atoms with Crippen molar-refractivity contribution in [1.29, 1.82) is 0 Å². The van der Waals surface area contributed by atoms with Gasteiger partial charge in [-0.2, -0.15) is 4.98 Å². The SMILES string of the molecule is CN(C)C(=O)N1CCNCC1c1nc(OCc2ccc(F)cc2)n(C(=O)c2cccc(C(=O)C(O)c3ccccc3)c2)n1. The average molecular weight is 587 g/mol. The number of Topliss-reactive ketones (excluding diaryl/α,β-unsaturated/α-hetero) is 1. The van der Waals surface area contributed by atoms with Crippen LogP contribution in [-0.2, 0) is 6.61 Å². The van der Waals surface area contributed by atoms with E-state index in [1.807, 2.05) is 0 Å². The Balaban J connectivity index is 1.47. The van der Waals surface area contributed by atoms with Gasteiger partial charge in [-0.25, -0.2) is 9.18 Å². The summed E-state index contributed by atoms with van der Waals surface area (Å²) >= 11 is 0. The van der Waals surface area contributed by atoms with Crippen molar-refractivity contribution in [2.45, 2.75) is 18.8 Å². The molecule has 0 radical (unpaired) electrons. The first-order chi connectivity index (χ1) is 20.7. The van der Waals surface area contributed by atoms with E-state index in [4.69, 9.17) is 4.74 Å². The number of rotatable bonds is 8. The number of benzene rings is 3. The van der Waals surface area contributed by atoms with Gasteiger partial charge in [0.25, 0.3) is 5.91 Å². The molecule has 0 aliphatic carbocycles. The Morgan fingerprint density at radius 2 is 1.77 bits per heavy atom. The van der Waals surface area contributed by atoms with Crippen LogP contribution in [0, 0.1) is 5.82 Å². The summed E-state index contributed by atoms with van der Waals surface area (Å²) in [6, 6.07) is 19.2. The first kappa shape index (κ1) is 29.5. The molecule has 1 aliphatic heterocycles. The Labute approximate surface area is 247 Å². The van der Waals surface area contributed by atoms with E-state index in [0.717, 1.165) is 4.68 Å². The number of ether oxygens (including phenoxy) is 1. The van der Waals surface area contributed by atoms with Gasteiger partial charge in [-0.15, -0.1) is 9.78 Å². The van der Waals surface area contributed by atoms with Crippen LogP contribution in [0.15, 0.2) is 78.9 Å². The van der Waals surface area contributed by atoms with E-state index in [2.05, 4.69) is 15.4 Å². The van der Waals surface area contributed by atoms with E-state index in [1.54, 1.807) is 61.5 Å². The fourth-order valence-corrected chi connectivity index (χ4v) is 4.70. The third-order valence-electron chi connectivity index (χ3n) is 6.99. The van der Waals surface area contributed by atoms with Gasteiger partial charge in [-0.3, -0.25) is 9.59 Å². The largest absolute Gasteiger partial charge is 0.458 e. The van der Waals surface area contributed by atoms with Crippen LogP contribution in [0.2, 0.25) is 0 Å². The molecule has 222 valence electrons. The lowest BCUT2D eigenvalue weighted by atomic mass is 9.98. The second-order valence-electron chi connectivity index (χ2n) is 10.2. The third-order valence-corrected chi connectivity index (χ3v) is 6.99. The number of aromatic nitrogens is 3. The number of nitrogens with zero attached hydrogens (tertiary/aromatic N) is 5. The Kier molecular flexibility index (Phi) is 8.88. The highest BCUT2D eigenvalue weighted by Gasteiger charge is 2.34.